The van der Waals surface area contributed by atoms with Crippen LogP contribution in [0.2, 0.25) is 0 Å². The number of nitrogens with zero attached hydrogens (tertiary/aromatic N) is 2. The summed E-state index contributed by atoms with van der Waals surface area (Å²) in [5.41, 5.74) is 5.73. The lowest BCUT2D eigenvalue weighted by molar-refractivity contribution is 0.298. The third-order valence-corrected chi connectivity index (χ3v) is 3.80. The van der Waals surface area contributed by atoms with Gasteiger partial charge in [0.05, 0.1) is 6.61 Å². The van der Waals surface area contributed by atoms with Crippen LogP contribution in [-0.4, -0.2) is 23.1 Å². The number of nitrogens with one attached hydrogen (secondary N) is 1. The van der Waals surface area contributed by atoms with Crippen LogP contribution < -0.4 is 15.8 Å². The van der Waals surface area contributed by atoms with Crippen molar-refractivity contribution in [2.45, 2.75) is 78.1 Å². The molecule has 1 heterocycles. The first kappa shape index (κ1) is 19.5. The van der Waals surface area contributed by atoms with Crippen LogP contribution in [0.5, 0.6) is 5.88 Å². The molecule has 0 saturated heterocycles. The van der Waals surface area contributed by atoms with Gasteiger partial charge in [-0.1, -0.05) is 65.2 Å². The van der Waals surface area contributed by atoms with Crippen molar-refractivity contribution < 1.29 is 4.74 Å². The average molecular weight is 322 g/mol. The van der Waals surface area contributed by atoms with Gasteiger partial charge in [0.1, 0.15) is 5.82 Å². The molecule has 23 heavy (non-hydrogen) atoms. The fourth-order valence-electron chi connectivity index (χ4n) is 2.40. The van der Waals surface area contributed by atoms with Crippen LogP contribution in [0.1, 0.15) is 78.1 Å². The summed E-state index contributed by atoms with van der Waals surface area (Å²) in [6.07, 6.45) is 12.7. The third kappa shape index (κ3) is 9.97. The SMILES string of the molecule is CCCCCCCCCCNc1cc(OCCCC)nc(N)n1. The lowest BCUT2D eigenvalue weighted by Crippen LogP contribution is -2.08. The number of nitrogen functional groups attached to an aromatic ring is 1. The molecule has 1 rings (SSSR count). The number of hydrogen-bond acceptors (Lipinski definition) is 5. The number of aromatic nitrogens is 2. The zero-order chi connectivity index (χ0) is 16.8. The highest BCUT2D eigenvalue weighted by Crippen LogP contribution is 2.15. The monoisotopic (exact) mass is 322 g/mol. The predicted octanol–water partition coefficient (Wildman–Crippen LogP) is 4.79. The fraction of sp³-hybridized carbons (Fsp3) is 0.778. The summed E-state index contributed by atoms with van der Waals surface area (Å²) in [4.78, 5) is 8.31. The summed E-state index contributed by atoms with van der Waals surface area (Å²) < 4.78 is 5.59. The summed E-state index contributed by atoms with van der Waals surface area (Å²) in [6.45, 7) is 5.98. The van der Waals surface area contributed by atoms with E-state index in [-0.39, 0.29) is 5.95 Å². The molecule has 0 aromatic carbocycles. The summed E-state index contributed by atoms with van der Waals surface area (Å²) in [7, 11) is 0. The number of ether oxygens (including phenoxy) is 1. The van der Waals surface area contributed by atoms with Crippen molar-refractivity contribution in [3.8, 4) is 5.88 Å². The molecule has 0 fully saturated rings. The van der Waals surface area contributed by atoms with E-state index in [9.17, 15) is 0 Å². The highest BCUT2D eigenvalue weighted by atomic mass is 16.5. The van der Waals surface area contributed by atoms with Crippen molar-refractivity contribution in [3.05, 3.63) is 6.07 Å². The molecular weight excluding hydrogens is 288 g/mol. The molecule has 0 aliphatic carbocycles. The molecule has 132 valence electrons. The molecule has 1 aromatic heterocycles. The average Bonchev–Trinajstić information content (AvgIpc) is 2.53. The van der Waals surface area contributed by atoms with Gasteiger partial charge in [0.25, 0.3) is 0 Å². The van der Waals surface area contributed by atoms with Crippen LogP contribution in [-0.2, 0) is 0 Å². The summed E-state index contributed by atoms with van der Waals surface area (Å²) >= 11 is 0. The van der Waals surface area contributed by atoms with Crippen LogP contribution >= 0.6 is 0 Å². The van der Waals surface area contributed by atoms with Crippen LogP contribution in [0.3, 0.4) is 0 Å². The second-order valence-electron chi connectivity index (χ2n) is 6.05. The maximum Gasteiger partial charge on any atom is 0.225 e. The van der Waals surface area contributed by atoms with Crippen molar-refractivity contribution in [2.75, 3.05) is 24.2 Å². The summed E-state index contributed by atoms with van der Waals surface area (Å²) in [5.74, 6) is 1.58. The first-order valence-corrected chi connectivity index (χ1v) is 9.27. The normalized spacial score (nSPS) is 10.7. The maximum absolute atomic E-state index is 5.73. The Labute approximate surface area is 141 Å². The molecule has 0 unspecified atom stereocenters. The van der Waals surface area contributed by atoms with E-state index in [2.05, 4.69) is 29.1 Å². The van der Waals surface area contributed by atoms with Crippen LogP contribution in [0.15, 0.2) is 6.07 Å². The van der Waals surface area contributed by atoms with Gasteiger partial charge in [-0.05, 0) is 12.8 Å². The Morgan fingerprint density at radius 3 is 2.26 bits per heavy atom. The van der Waals surface area contributed by atoms with E-state index in [0.717, 1.165) is 31.6 Å². The first-order chi connectivity index (χ1) is 11.3. The Morgan fingerprint density at radius 2 is 1.57 bits per heavy atom. The Balaban J connectivity index is 2.16. The van der Waals surface area contributed by atoms with E-state index in [1.165, 1.54) is 44.9 Å². The van der Waals surface area contributed by atoms with Crippen LogP contribution in [0.4, 0.5) is 11.8 Å². The zero-order valence-electron chi connectivity index (χ0n) is 14.9. The van der Waals surface area contributed by atoms with E-state index < -0.39 is 0 Å². The Hall–Kier alpha value is -1.52. The van der Waals surface area contributed by atoms with E-state index in [1.54, 1.807) is 0 Å². The van der Waals surface area contributed by atoms with Crippen molar-refractivity contribution in [2.24, 2.45) is 0 Å². The molecule has 0 saturated carbocycles. The number of anilines is 2. The second kappa shape index (κ2) is 13.0. The van der Waals surface area contributed by atoms with E-state index in [4.69, 9.17) is 10.5 Å². The number of nitrogens with two attached hydrogens (primary N) is 1. The van der Waals surface area contributed by atoms with Gasteiger partial charge in [-0.25, -0.2) is 0 Å². The highest BCUT2D eigenvalue weighted by Gasteiger charge is 2.03. The first-order valence-electron chi connectivity index (χ1n) is 9.27. The molecule has 5 heteroatoms. The van der Waals surface area contributed by atoms with Crippen molar-refractivity contribution in [3.63, 3.8) is 0 Å². The molecule has 1 aromatic rings. The van der Waals surface area contributed by atoms with Gasteiger partial charge in [-0.2, -0.15) is 9.97 Å². The summed E-state index contributed by atoms with van der Waals surface area (Å²) in [5, 5.41) is 3.32. The smallest absolute Gasteiger partial charge is 0.225 e. The Bertz CT molecular complexity index is 412. The van der Waals surface area contributed by atoms with Gasteiger partial charge in [0.2, 0.25) is 11.8 Å². The quantitative estimate of drug-likeness (QED) is 0.482. The molecule has 0 atom stereocenters. The van der Waals surface area contributed by atoms with Gasteiger partial charge in [0.15, 0.2) is 0 Å². The van der Waals surface area contributed by atoms with Crippen LogP contribution in [0.25, 0.3) is 0 Å². The minimum absolute atomic E-state index is 0.262. The molecule has 0 bridgehead atoms. The minimum atomic E-state index is 0.262. The van der Waals surface area contributed by atoms with Gasteiger partial charge >= 0.3 is 0 Å². The van der Waals surface area contributed by atoms with Gasteiger partial charge in [-0.3, -0.25) is 0 Å². The topological polar surface area (TPSA) is 73.1 Å². The molecule has 0 aliphatic rings. The van der Waals surface area contributed by atoms with Gasteiger partial charge in [-0.15, -0.1) is 0 Å². The highest BCUT2D eigenvalue weighted by molar-refractivity contribution is 5.42. The lowest BCUT2D eigenvalue weighted by atomic mass is 10.1. The Morgan fingerprint density at radius 1 is 0.913 bits per heavy atom. The number of rotatable bonds is 14. The molecular formula is C18H34N4O. The molecule has 3 N–H and O–H groups in total. The van der Waals surface area contributed by atoms with Crippen molar-refractivity contribution >= 4 is 11.8 Å². The van der Waals surface area contributed by atoms with E-state index in [0.29, 0.717) is 12.5 Å². The number of unbranched alkanes of at least 4 members (excludes halogenated alkanes) is 8. The van der Waals surface area contributed by atoms with Gasteiger partial charge < -0.3 is 15.8 Å². The maximum atomic E-state index is 5.73. The van der Waals surface area contributed by atoms with Crippen LogP contribution in [0, 0.1) is 0 Å². The standard InChI is InChI=1S/C18H34N4O/c1-3-5-7-8-9-10-11-12-13-20-16-15-17(22-18(19)21-16)23-14-6-4-2/h15H,3-14H2,1-2H3,(H3,19,20,21,22). The van der Waals surface area contributed by atoms with Crippen molar-refractivity contribution in [1.29, 1.82) is 0 Å². The second-order valence-corrected chi connectivity index (χ2v) is 6.05. The summed E-state index contributed by atoms with van der Waals surface area (Å²) in [6, 6.07) is 1.83. The Kier molecular flexibility index (Phi) is 11.0. The zero-order valence-corrected chi connectivity index (χ0v) is 14.9. The van der Waals surface area contributed by atoms with Gasteiger partial charge in [0, 0.05) is 12.6 Å². The fourth-order valence-corrected chi connectivity index (χ4v) is 2.40. The lowest BCUT2D eigenvalue weighted by Gasteiger charge is -2.09. The largest absolute Gasteiger partial charge is 0.477 e. The molecule has 5 nitrogen and oxygen atoms in total. The van der Waals surface area contributed by atoms with E-state index >= 15 is 0 Å². The molecule has 0 radical (unpaired) electrons. The van der Waals surface area contributed by atoms with Crippen molar-refractivity contribution in [1.82, 2.24) is 9.97 Å². The predicted molar refractivity (Wildman–Crippen MR) is 97.9 cm³/mol. The third-order valence-electron chi connectivity index (χ3n) is 3.80. The number of hydrogen-bond donors (Lipinski definition) is 2. The molecule has 0 spiro atoms. The van der Waals surface area contributed by atoms with E-state index in [1.807, 2.05) is 6.07 Å². The minimum Gasteiger partial charge on any atom is -0.477 e. The molecule has 0 aliphatic heterocycles. The molecule has 0 amide bonds.